The summed E-state index contributed by atoms with van der Waals surface area (Å²) < 4.78 is 6.66. The van der Waals surface area contributed by atoms with Gasteiger partial charge in [0.25, 0.3) is 5.91 Å². The van der Waals surface area contributed by atoms with E-state index in [4.69, 9.17) is 27.9 Å². The van der Waals surface area contributed by atoms with E-state index < -0.39 is 6.04 Å². The third-order valence-electron chi connectivity index (χ3n) is 5.25. The second kappa shape index (κ2) is 11.7. The Morgan fingerprint density at radius 3 is 2.52 bits per heavy atom. The Morgan fingerprint density at radius 2 is 1.82 bits per heavy atom. The average Bonchev–Trinajstić information content (AvgIpc) is 2.81. The Kier molecular flexibility index (Phi) is 9.01. The maximum Gasteiger partial charge on any atom is 0.261 e. The summed E-state index contributed by atoms with van der Waals surface area (Å²) in [5.41, 5.74) is 0.771. The van der Waals surface area contributed by atoms with Crippen molar-refractivity contribution in [1.82, 2.24) is 10.2 Å². The van der Waals surface area contributed by atoms with E-state index >= 15 is 0 Å². The number of hydrogen-bond acceptors (Lipinski definition) is 3. The molecule has 0 saturated carbocycles. The first-order chi connectivity index (χ1) is 15.8. The summed E-state index contributed by atoms with van der Waals surface area (Å²) in [4.78, 5) is 27.5. The number of carbonyl (C=O) groups is 2. The average molecular weight is 552 g/mol. The Balaban J connectivity index is 1.84. The van der Waals surface area contributed by atoms with Crippen molar-refractivity contribution in [2.24, 2.45) is 0 Å². The molecule has 0 spiro atoms. The van der Waals surface area contributed by atoms with Gasteiger partial charge >= 0.3 is 0 Å². The van der Waals surface area contributed by atoms with E-state index in [1.54, 1.807) is 18.2 Å². The number of rotatable bonds is 9. The molecular weight excluding hydrogens is 527 g/mol. The van der Waals surface area contributed by atoms with Crippen LogP contribution in [-0.2, 0) is 16.1 Å². The normalized spacial score (nSPS) is 11.8. The van der Waals surface area contributed by atoms with Crippen LogP contribution in [0.1, 0.15) is 25.8 Å². The number of nitrogens with one attached hydrogen (secondary N) is 1. The van der Waals surface area contributed by atoms with Crippen LogP contribution < -0.4 is 10.1 Å². The van der Waals surface area contributed by atoms with Gasteiger partial charge in [0.15, 0.2) is 6.61 Å². The van der Waals surface area contributed by atoms with E-state index in [0.29, 0.717) is 28.8 Å². The molecule has 1 N–H and O–H groups in total. The fraction of sp³-hybridized carbons (Fsp3) is 0.280. The van der Waals surface area contributed by atoms with Gasteiger partial charge < -0.3 is 15.0 Å². The lowest BCUT2D eigenvalue weighted by Crippen LogP contribution is -2.50. The molecule has 174 valence electrons. The molecule has 0 bridgehead atoms. The van der Waals surface area contributed by atoms with Gasteiger partial charge in [0.2, 0.25) is 5.91 Å². The molecule has 0 aromatic heterocycles. The number of amides is 2. The van der Waals surface area contributed by atoms with Gasteiger partial charge in [0.05, 0.1) is 14.5 Å². The smallest absolute Gasteiger partial charge is 0.261 e. The Morgan fingerprint density at radius 1 is 1.06 bits per heavy atom. The number of ether oxygens (including phenoxy) is 1. The first-order valence-electron chi connectivity index (χ1n) is 10.7. The molecule has 0 radical (unpaired) electrons. The van der Waals surface area contributed by atoms with E-state index in [1.165, 1.54) is 4.90 Å². The van der Waals surface area contributed by atoms with E-state index in [1.807, 2.05) is 50.2 Å². The van der Waals surface area contributed by atoms with Gasteiger partial charge in [-0.05, 0) is 63.8 Å². The SMILES string of the molecule is CCNC(=O)[C@@H](CC)N(Cc1ccc(Cl)c(Cl)c1)C(=O)COc1ccc2ccccc2c1Br. The second-order valence-corrected chi connectivity index (χ2v) is 9.08. The first-order valence-corrected chi connectivity index (χ1v) is 12.2. The van der Waals surface area contributed by atoms with Crippen LogP contribution in [0.5, 0.6) is 5.75 Å². The number of nitrogens with zero attached hydrogens (tertiary/aromatic N) is 1. The maximum absolute atomic E-state index is 13.3. The van der Waals surface area contributed by atoms with Crippen LogP contribution in [-0.4, -0.2) is 35.9 Å². The highest BCUT2D eigenvalue weighted by Crippen LogP contribution is 2.33. The van der Waals surface area contributed by atoms with Crippen molar-refractivity contribution in [3.05, 3.63) is 74.7 Å². The molecule has 0 aliphatic rings. The molecule has 0 aliphatic heterocycles. The molecule has 1 atom stereocenters. The quantitative estimate of drug-likeness (QED) is 0.343. The third kappa shape index (κ3) is 6.19. The lowest BCUT2D eigenvalue weighted by Gasteiger charge is -2.30. The molecule has 0 aliphatic carbocycles. The van der Waals surface area contributed by atoms with Crippen molar-refractivity contribution >= 4 is 61.7 Å². The van der Waals surface area contributed by atoms with Crippen LogP contribution in [0.2, 0.25) is 10.0 Å². The number of likely N-dealkylation sites (N-methyl/N-ethyl adjacent to an activating group) is 1. The molecule has 8 heteroatoms. The molecule has 0 fully saturated rings. The molecule has 0 heterocycles. The molecule has 5 nitrogen and oxygen atoms in total. The van der Waals surface area contributed by atoms with Crippen molar-refractivity contribution in [3.8, 4) is 5.75 Å². The van der Waals surface area contributed by atoms with Gasteiger partial charge in [-0.3, -0.25) is 9.59 Å². The molecule has 0 unspecified atom stereocenters. The molecule has 33 heavy (non-hydrogen) atoms. The zero-order valence-corrected chi connectivity index (χ0v) is 21.5. The van der Waals surface area contributed by atoms with Crippen molar-refractivity contribution in [2.75, 3.05) is 13.2 Å². The van der Waals surface area contributed by atoms with E-state index in [9.17, 15) is 9.59 Å². The van der Waals surface area contributed by atoms with Crippen LogP contribution in [0.25, 0.3) is 10.8 Å². The van der Waals surface area contributed by atoms with Gasteiger partial charge in [-0.15, -0.1) is 0 Å². The van der Waals surface area contributed by atoms with E-state index in [2.05, 4.69) is 21.2 Å². The number of carbonyl (C=O) groups excluding carboxylic acids is 2. The second-order valence-electron chi connectivity index (χ2n) is 7.48. The molecule has 3 rings (SSSR count). The number of halogens is 3. The summed E-state index contributed by atoms with van der Waals surface area (Å²) in [5.74, 6) is 0.0436. The van der Waals surface area contributed by atoms with Crippen molar-refractivity contribution in [3.63, 3.8) is 0 Å². The minimum Gasteiger partial charge on any atom is -0.483 e. The molecular formula is C25H25BrCl2N2O3. The minimum atomic E-state index is -0.643. The summed E-state index contributed by atoms with van der Waals surface area (Å²) >= 11 is 15.8. The van der Waals surface area contributed by atoms with Crippen molar-refractivity contribution < 1.29 is 14.3 Å². The molecule has 2 amide bonds. The van der Waals surface area contributed by atoms with Gasteiger partial charge in [-0.1, -0.05) is 66.5 Å². The number of benzene rings is 3. The third-order valence-corrected chi connectivity index (χ3v) is 6.81. The van der Waals surface area contributed by atoms with Gasteiger partial charge in [0.1, 0.15) is 11.8 Å². The highest BCUT2D eigenvalue weighted by atomic mass is 79.9. The largest absolute Gasteiger partial charge is 0.483 e. The monoisotopic (exact) mass is 550 g/mol. The summed E-state index contributed by atoms with van der Waals surface area (Å²) in [6, 6.07) is 16.2. The number of fused-ring (bicyclic) bond motifs is 1. The molecule has 3 aromatic carbocycles. The van der Waals surface area contributed by atoms with Crippen LogP contribution in [0.15, 0.2) is 59.1 Å². The van der Waals surface area contributed by atoms with Crippen LogP contribution in [0.3, 0.4) is 0 Å². The standard InChI is InChI=1S/C25H25BrCl2N2O3/c1-3-21(25(32)29-4-2)30(14-16-9-11-19(27)20(28)13-16)23(31)15-33-22-12-10-17-7-5-6-8-18(17)24(22)26/h5-13,21H,3-4,14-15H2,1-2H3,(H,29,32)/t21-/m1/s1. The summed E-state index contributed by atoms with van der Waals surface area (Å²) in [6.45, 7) is 4.18. The summed E-state index contributed by atoms with van der Waals surface area (Å²) in [6.07, 6.45) is 0.457. The topological polar surface area (TPSA) is 58.6 Å². The fourth-order valence-electron chi connectivity index (χ4n) is 3.59. The summed E-state index contributed by atoms with van der Waals surface area (Å²) in [7, 11) is 0. The first kappa shape index (κ1) is 25.3. The van der Waals surface area contributed by atoms with E-state index in [-0.39, 0.29) is 25.0 Å². The van der Waals surface area contributed by atoms with Gasteiger partial charge in [0, 0.05) is 13.1 Å². The van der Waals surface area contributed by atoms with Gasteiger partial charge in [-0.2, -0.15) is 0 Å². The predicted molar refractivity (Wildman–Crippen MR) is 137 cm³/mol. The Labute approximate surface area is 212 Å². The fourth-order valence-corrected chi connectivity index (χ4v) is 4.52. The van der Waals surface area contributed by atoms with Crippen molar-refractivity contribution in [2.45, 2.75) is 32.9 Å². The Bertz CT molecular complexity index is 1160. The predicted octanol–water partition coefficient (Wildman–Crippen LogP) is 6.23. The van der Waals surface area contributed by atoms with Gasteiger partial charge in [-0.25, -0.2) is 0 Å². The highest BCUT2D eigenvalue weighted by molar-refractivity contribution is 9.10. The highest BCUT2D eigenvalue weighted by Gasteiger charge is 2.29. The Hall–Kier alpha value is -2.28. The zero-order chi connectivity index (χ0) is 24.0. The van der Waals surface area contributed by atoms with Crippen LogP contribution in [0.4, 0.5) is 0 Å². The lowest BCUT2D eigenvalue weighted by molar-refractivity contribution is -0.142. The summed E-state index contributed by atoms with van der Waals surface area (Å²) in [5, 5.41) is 5.69. The van der Waals surface area contributed by atoms with Crippen LogP contribution in [0, 0.1) is 0 Å². The molecule has 3 aromatic rings. The number of hydrogen-bond donors (Lipinski definition) is 1. The minimum absolute atomic E-state index is 0.202. The zero-order valence-electron chi connectivity index (χ0n) is 18.4. The van der Waals surface area contributed by atoms with Crippen LogP contribution >= 0.6 is 39.1 Å². The van der Waals surface area contributed by atoms with E-state index in [0.717, 1.165) is 20.8 Å². The maximum atomic E-state index is 13.3. The van der Waals surface area contributed by atoms with Crippen molar-refractivity contribution in [1.29, 1.82) is 0 Å². The lowest BCUT2D eigenvalue weighted by atomic mass is 10.1. The molecule has 0 saturated heterocycles.